The predicted molar refractivity (Wildman–Crippen MR) is 99.0 cm³/mol. The number of amides is 3. The standard InChI is InChI=1S/C20H26N2O5/c1-11(2)10-15(20(26)27-5)21-17(23)16(12(3)4)22-18(24)13-8-6-7-9-14(13)19(22)25/h6-9,11-12,15-16H,10H2,1-5H3,(H,21,23)/t15-,16+/m1/s1. The number of carbonyl (C=O) groups is 4. The number of fused-ring (bicyclic) bond motifs is 1. The van der Waals surface area contributed by atoms with Crippen molar-refractivity contribution in [1.29, 1.82) is 0 Å². The molecule has 0 fully saturated rings. The minimum absolute atomic E-state index is 0.145. The molecule has 1 aliphatic rings. The number of hydrogen-bond acceptors (Lipinski definition) is 5. The number of hydrogen-bond donors (Lipinski definition) is 1. The van der Waals surface area contributed by atoms with E-state index in [1.54, 1.807) is 38.1 Å². The van der Waals surface area contributed by atoms with Gasteiger partial charge in [-0.05, 0) is 30.4 Å². The summed E-state index contributed by atoms with van der Waals surface area (Å²) in [5.41, 5.74) is 0.570. The smallest absolute Gasteiger partial charge is 0.328 e. The fourth-order valence-electron chi connectivity index (χ4n) is 3.26. The average molecular weight is 374 g/mol. The highest BCUT2D eigenvalue weighted by atomic mass is 16.5. The summed E-state index contributed by atoms with van der Waals surface area (Å²) in [5.74, 6) is -2.28. The second-order valence-electron chi connectivity index (χ2n) is 7.43. The van der Waals surface area contributed by atoms with Gasteiger partial charge in [-0.3, -0.25) is 19.3 Å². The summed E-state index contributed by atoms with van der Waals surface area (Å²) in [7, 11) is 1.26. The highest BCUT2D eigenvalue weighted by Gasteiger charge is 2.44. The van der Waals surface area contributed by atoms with Crippen molar-refractivity contribution in [2.75, 3.05) is 7.11 Å². The van der Waals surface area contributed by atoms with Crippen LogP contribution in [-0.2, 0) is 14.3 Å². The Hall–Kier alpha value is -2.70. The van der Waals surface area contributed by atoms with Crippen LogP contribution in [-0.4, -0.2) is 47.8 Å². The molecule has 1 aromatic rings. The minimum Gasteiger partial charge on any atom is -0.467 e. The third kappa shape index (κ3) is 4.18. The quantitative estimate of drug-likeness (QED) is 0.582. The van der Waals surface area contributed by atoms with E-state index in [9.17, 15) is 19.2 Å². The van der Waals surface area contributed by atoms with Crippen LogP contribution in [0.25, 0.3) is 0 Å². The molecular formula is C20H26N2O5. The molecule has 0 saturated carbocycles. The van der Waals surface area contributed by atoms with Gasteiger partial charge in [0.2, 0.25) is 5.91 Å². The number of carbonyl (C=O) groups excluding carboxylic acids is 4. The van der Waals surface area contributed by atoms with Gasteiger partial charge in [-0.15, -0.1) is 0 Å². The van der Waals surface area contributed by atoms with Gasteiger partial charge in [0.15, 0.2) is 0 Å². The van der Waals surface area contributed by atoms with Gasteiger partial charge >= 0.3 is 5.97 Å². The van der Waals surface area contributed by atoms with E-state index in [0.29, 0.717) is 6.42 Å². The van der Waals surface area contributed by atoms with E-state index in [2.05, 4.69) is 5.32 Å². The number of esters is 1. The molecule has 0 spiro atoms. The Balaban J connectivity index is 2.29. The Kier molecular flexibility index (Phi) is 6.36. The molecule has 0 radical (unpaired) electrons. The Morgan fingerprint density at radius 3 is 1.96 bits per heavy atom. The second-order valence-corrected chi connectivity index (χ2v) is 7.43. The maximum absolute atomic E-state index is 13.0. The zero-order valence-corrected chi connectivity index (χ0v) is 16.3. The van der Waals surface area contributed by atoms with Crippen molar-refractivity contribution in [3.05, 3.63) is 35.4 Å². The third-order valence-corrected chi connectivity index (χ3v) is 4.51. The van der Waals surface area contributed by atoms with Crippen molar-refractivity contribution < 1.29 is 23.9 Å². The SMILES string of the molecule is COC(=O)[C@@H](CC(C)C)NC(=O)[C@H](C(C)C)N1C(=O)c2ccccc2C1=O. The maximum Gasteiger partial charge on any atom is 0.328 e. The van der Waals surface area contributed by atoms with Crippen LogP contribution in [0.1, 0.15) is 54.8 Å². The van der Waals surface area contributed by atoms with Crippen LogP contribution in [0.4, 0.5) is 0 Å². The summed E-state index contributed by atoms with van der Waals surface area (Å²) < 4.78 is 4.77. The molecule has 0 bridgehead atoms. The van der Waals surface area contributed by atoms with E-state index in [4.69, 9.17) is 4.74 Å². The fraction of sp³-hybridized carbons (Fsp3) is 0.500. The zero-order chi connectivity index (χ0) is 20.3. The molecule has 7 nitrogen and oxygen atoms in total. The molecule has 0 unspecified atom stereocenters. The van der Waals surface area contributed by atoms with Crippen molar-refractivity contribution >= 4 is 23.7 Å². The maximum atomic E-state index is 13.0. The van der Waals surface area contributed by atoms with E-state index < -0.39 is 35.8 Å². The topological polar surface area (TPSA) is 92.8 Å². The summed E-state index contributed by atoms with van der Waals surface area (Å²) in [6, 6.07) is 4.64. The lowest BCUT2D eigenvalue weighted by Gasteiger charge is -2.30. The third-order valence-electron chi connectivity index (χ3n) is 4.51. The first-order valence-electron chi connectivity index (χ1n) is 9.04. The van der Waals surface area contributed by atoms with E-state index in [1.807, 2.05) is 13.8 Å². The minimum atomic E-state index is -1.02. The number of ether oxygens (including phenoxy) is 1. The van der Waals surface area contributed by atoms with E-state index in [0.717, 1.165) is 4.90 Å². The first-order valence-corrected chi connectivity index (χ1v) is 9.04. The van der Waals surface area contributed by atoms with Crippen LogP contribution in [0.15, 0.2) is 24.3 Å². The number of rotatable bonds is 7. The number of methoxy groups -OCH3 is 1. The predicted octanol–water partition coefficient (Wildman–Crippen LogP) is 2.01. The molecule has 3 amide bonds. The number of nitrogens with zero attached hydrogens (tertiary/aromatic N) is 1. The van der Waals surface area contributed by atoms with Crippen LogP contribution in [0.2, 0.25) is 0 Å². The molecule has 1 heterocycles. The Morgan fingerprint density at radius 1 is 1.04 bits per heavy atom. The molecule has 0 saturated heterocycles. The Labute approximate surface area is 159 Å². The van der Waals surface area contributed by atoms with Crippen LogP contribution in [0, 0.1) is 11.8 Å². The monoisotopic (exact) mass is 374 g/mol. The van der Waals surface area contributed by atoms with E-state index in [-0.39, 0.29) is 23.0 Å². The largest absolute Gasteiger partial charge is 0.467 e. The van der Waals surface area contributed by atoms with Gasteiger partial charge in [-0.2, -0.15) is 0 Å². The average Bonchev–Trinajstić information content (AvgIpc) is 2.85. The number of benzene rings is 1. The Bertz CT molecular complexity index is 721. The highest BCUT2D eigenvalue weighted by Crippen LogP contribution is 2.27. The number of imide groups is 1. The zero-order valence-electron chi connectivity index (χ0n) is 16.3. The Morgan fingerprint density at radius 2 is 1.56 bits per heavy atom. The molecule has 27 heavy (non-hydrogen) atoms. The molecule has 7 heteroatoms. The first kappa shape index (κ1) is 20.6. The van der Waals surface area contributed by atoms with Crippen molar-refractivity contribution in [3.8, 4) is 0 Å². The lowest BCUT2D eigenvalue weighted by molar-refractivity contribution is -0.146. The van der Waals surface area contributed by atoms with Gasteiger partial charge in [-0.1, -0.05) is 39.8 Å². The van der Waals surface area contributed by atoms with Gasteiger partial charge in [0.25, 0.3) is 11.8 Å². The molecule has 1 N–H and O–H groups in total. The van der Waals surface area contributed by atoms with Gasteiger partial charge < -0.3 is 10.1 Å². The summed E-state index contributed by atoms with van der Waals surface area (Å²) in [6.45, 7) is 7.35. The van der Waals surface area contributed by atoms with Gasteiger partial charge in [0.05, 0.1) is 18.2 Å². The lowest BCUT2D eigenvalue weighted by Crippen LogP contribution is -2.55. The summed E-state index contributed by atoms with van der Waals surface area (Å²) >= 11 is 0. The molecule has 2 rings (SSSR count). The van der Waals surface area contributed by atoms with E-state index >= 15 is 0 Å². The molecule has 146 valence electrons. The highest BCUT2D eigenvalue weighted by molar-refractivity contribution is 6.22. The fourth-order valence-corrected chi connectivity index (χ4v) is 3.26. The van der Waals surface area contributed by atoms with Crippen LogP contribution < -0.4 is 5.32 Å². The van der Waals surface area contributed by atoms with Gasteiger partial charge in [-0.25, -0.2) is 4.79 Å². The molecular weight excluding hydrogens is 348 g/mol. The second kappa shape index (κ2) is 8.33. The van der Waals surface area contributed by atoms with Crippen LogP contribution in [0.3, 0.4) is 0 Å². The lowest BCUT2D eigenvalue weighted by atomic mass is 9.99. The normalized spacial score (nSPS) is 15.7. The van der Waals surface area contributed by atoms with Crippen molar-refractivity contribution in [2.45, 2.75) is 46.2 Å². The van der Waals surface area contributed by atoms with Crippen LogP contribution >= 0.6 is 0 Å². The van der Waals surface area contributed by atoms with E-state index in [1.165, 1.54) is 7.11 Å². The molecule has 2 atom stereocenters. The van der Waals surface area contributed by atoms with Gasteiger partial charge in [0.1, 0.15) is 12.1 Å². The van der Waals surface area contributed by atoms with Crippen molar-refractivity contribution in [2.24, 2.45) is 11.8 Å². The summed E-state index contributed by atoms with van der Waals surface area (Å²) in [4.78, 5) is 51.5. The molecule has 0 aromatic heterocycles. The molecule has 1 aliphatic heterocycles. The number of nitrogens with one attached hydrogen (secondary N) is 1. The van der Waals surface area contributed by atoms with Crippen molar-refractivity contribution in [3.63, 3.8) is 0 Å². The first-order chi connectivity index (χ1) is 12.7. The molecule has 1 aromatic carbocycles. The summed E-state index contributed by atoms with van der Waals surface area (Å²) in [6.07, 6.45) is 0.394. The van der Waals surface area contributed by atoms with Gasteiger partial charge in [0, 0.05) is 0 Å². The van der Waals surface area contributed by atoms with Crippen LogP contribution in [0.5, 0.6) is 0 Å². The van der Waals surface area contributed by atoms with Crippen molar-refractivity contribution in [1.82, 2.24) is 10.2 Å². The summed E-state index contributed by atoms with van der Waals surface area (Å²) in [5, 5.41) is 2.67. The molecule has 0 aliphatic carbocycles.